The van der Waals surface area contributed by atoms with Crippen LogP contribution in [0.15, 0.2) is 24.5 Å². The fraction of sp³-hybridized carbons (Fsp3) is 0.250. The summed E-state index contributed by atoms with van der Waals surface area (Å²) in [4.78, 5) is 71.2. The maximum absolute atomic E-state index is 12.2. The molecular formula is C24H24N8O6P2S2. The second-order valence-electron chi connectivity index (χ2n) is 8.55. The molecule has 4 N–H and O–H groups in total. The van der Waals surface area contributed by atoms with Crippen LogP contribution in [0.25, 0.3) is 41.8 Å². The van der Waals surface area contributed by atoms with Crippen LogP contribution < -0.4 is 21.8 Å². The molecular weight excluding hydrogens is 622 g/mol. The van der Waals surface area contributed by atoms with Crippen LogP contribution in [0.2, 0.25) is 0 Å². The van der Waals surface area contributed by atoms with Crippen molar-refractivity contribution in [3.8, 4) is 21.4 Å². The Balaban J connectivity index is 1.22. The lowest BCUT2D eigenvalue weighted by molar-refractivity contribution is -0.111. The number of nitrogens with zero attached hydrogens (tertiary/aromatic N) is 4. The lowest BCUT2D eigenvalue weighted by atomic mass is 10.3. The number of aromatic nitrogens is 6. The number of thiazole rings is 2. The van der Waals surface area contributed by atoms with Gasteiger partial charge in [-0.05, 0) is 12.1 Å². The Kier molecular flexibility index (Phi) is 9.48. The largest absolute Gasteiger partial charge is 0.453 e. The van der Waals surface area contributed by atoms with Gasteiger partial charge in [-0.3, -0.25) is 9.59 Å². The second-order valence-corrected chi connectivity index (χ2v) is 13.2. The van der Waals surface area contributed by atoms with Crippen molar-refractivity contribution in [1.29, 1.82) is 0 Å². The number of H-pyrrole nitrogens is 2. The Morgan fingerprint density at radius 2 is 1.19 bits per heavy atom. The number of fused-ring (bicyclic) bond motifs is 2. The molecule has 0 saturated carbocycles. The van der Waals surface area contributed by atoms with Crippen molar-refractivity contribution in [2.45, 2.75) is 12.8 Å². The number of hydrogen-bond donors (Lipinski definition) is 4. The van der Waals surface area contributed by atoms with E-state index in [1.165, 1.54) is 36.9 Å². The summed E-state index contributed by atoms with van der Waals surface area (Å²) in [5.41, 5.74) is 4.11. The minimum absolute atomic E-state index is 0.0388. The fourth-order valence-corrected chi connectivity index (χ4v) is 7.23. The van der Waals surface area contributed by atoms with Crippen LogP contribution in [0, 0.1) is 0 Å². The highest BCUT2D eigenvalue weighted by molar-refractivity contribution is 7.65. The minimum atomic E-state index is -0.572. The third-order valence-corrected chi connectivity index (χ3v) is 9.78. The number of rotatable bonds is 12. The molecule has 0 aliphatic carbocycles. The zero-order chi connectivity index (χ0) is 29.6. The molecule has 2 unspecified atom stereocenters. The third-order valence-electron chi connectivity index (χ3n) is 5.64. The number of benzene rings is 1. The molecule has 14 nitrogen and oxygen atoms in total. The van der Waals surface area contributed by atoms with Crippen molar-refractivity contribution in [1.82, 2.24) is 40.5 Å². The zero-order valence-electron chi connectivity index (χ0n) is 22.2. The van der Waals surface area contributed by atoms with Crippen LogP contribution >= 0.6 is 39.8 Å². The van der Waals surface area contributed by atoms with Gasteiger partial charge in [0.15, 0.2) is 11.0 Å². The van der Waals surface area contributed by atoms with Crippen LogP contribution in [-0.2, 0) is 19.1 Å². The molecule has 5 aromatic rings. The summed E-state index contributed by atoms with van der Waals surface area (Å²) in [6.45, 7) is 0.409. The first-order chi connectivity index (χ1) is 20.3. The Morgan fingerprint density at radius 3 is 1.60 bits per heavy atom. The quantitative estimate of drug-likeness (QED) is 0.146. The Bertz CT molecular complexity index is 1610. The average Bonchev–Trinajstić information content (AvgIpc) is 3.77. The molecule has 4 aromatic heterocycles. The number of alkyl carbamates (subject to hydrolysis) is 2. The highest BCUT2D eigenvalue weighted by atomic mass is 32.1. The van der Waals surface area contributed by atoms with Crippen molar-refractivity contribution in [3.63, 3.8) is 0 Å². The third kappa shape index (κ3) is 7.32. The standard InChI is InChI=1S/C24H24N8O6P2S2/c1-37-23(35)25-5-3-17(33)39-21-27-9-13(31-21)19-29-11-7-16-12(8-15(11)41-19)30-20(42-16)14-10-28-22(32-14)40-18(34)4-6-26-24(36)38-2/h7-10,39-40H,3-6H2,1-2H3,(H,25,35)(H,26,36)(H,27,31)(H,28,32). The predicted octanol–water partition coefficient (Wildman–Crippen LogP) is 2.84. The SMILES string of the molecule is COC(=O)NCCC(=O)Pc1ncc(-c2nc3cc4sc(-c5cnc(PC(=O)CCNC(=O)OC)[nH]5)nc4cc3s2)[nH]1. The van der Waals surface area contributed by atoms with Gasteiger partial charge in [-0.25, -0.2) is 29.5 Å². The molecule has 2 atom stereocenters. The maximum Gasteiger partial charge on any atom is 0.406 e. The number of methoxy groups -OCH3 is 2. The fourth-order valence-electron chi connectivity index (χ4n) is 3.66. The number of carbonyl (C=O) groups is 4. The van der Waals surface area contributed by atoms with Gasteiger partial charge < -0.3 is 30.1 Å². The van der Waals surface area contributed by atoms with E-state index in [-0.39, 0.29) is 54.1 Å². The molecule has 5 rings (SSSR count). The van der Waals surface area contributed by atoms with Gasteiger partial charge in [0.25, 0.3) is 0 Å². The average molecular weight is 647 g/mol. The highest BCUT2D eigenvalue weighted by Crippen LogP contribution is 2.36. The summed E-state index contributed by atoms with van der Waals surface area (Å²) in [5.74, 6) is 0. The van der Waals surface area contributed by atoms with Gasteiger partial charge in [0.1, 0.15) is 21.1 Å². The minimum Gasteiger partial charge on any atom is -0.453 e. The molecule has 2 amide bonds. The van der Waals surface area contributed by atoms with E-state index in [1.807, 2.05) is 12.1 Å². The smallest absolute Gasteiger partial charge is 0.406 e. The molecule has 0 aliphatic heterocycles. The molecule has 218 valence electrons. The van der Waals surface area contributed by atoms with Gasteiger partial charge in [0, 0.05) is 43.1 Å². The molecule has 4 heterocycles. The van der Waals surface area contributed by atoms with Crippen molar-refractivity contribution < 1.29 is 28.7 Å². The summed E-state index contributed by atoms with van der Waals surface area (Å²) in [5, 5.41) is 6.47. The number of carbonyl (C=O) groups excluding carboxylic acids is 4. The molecule has 0 spiro atoms. The number of ether oxygens (including phenoxy) is 2. The van der Waals surface area contributed by atoms with Crippen molar-refractivity contribution in [2.24, 2.45) is 0 Å². The van der Waals surface area contributed by atoms with E-state index in [4.69, 9.17) is 9.97 Å². The van der Waals surface area contributed by atoms with Crippen LogP contribution in [0.4, 0.5) is 9.59 Å². The van der Waals surface area contributed by atoms with Gasteiger partial charge >= 0.3 is 12.2 Å². The lowest BCUT2D eigenvalue weighted by Crippen LogP contribution is -2.25. The van der Waals surface area contributed by atoms with Gasteiger partial charge in [-0.2, -0.15) is 0 Å². The summed E-state index contributed by atoms with van der Waals surface area (Å²) >= 11 is 2.98. The topological polar surface area (TPSA) is 194 Å². The molecule has 0 fully saturated rings. The second kappa shape index (κ2) is 13.4. The van der Waals surface area contributed by atoms with E-state index < -0.39 is 12.2 Å². The van der Waals surface area contributed by atoms with E-state index in [9.17, 15) is 19.2 Å². The first kappa shape index (κ1) is 29.6. The number of hydrogen-bond acceptors (Lipinski definition) is 12. The van der Waals surface area contributed by atoms with E-state index in [1.54, 1.807) is 12.4 Å². The normalized spacial score (nSPS) is 11.7. The number of nitrogens with one attached hydrogen (secondary N) is 4. The zero-order valence-corrected chi connectivity index (χ0v) is 25.8. The van der Waals surface area contributed by atoms with E-state index in [0.29, 0.717) is 11.1 Å². The summed E-state index contributed by atoms with van der Waals surface area (Å²) in [7, 11) is 2.21. The molecule has 0 saturated heterocycles. The first-order valence-corrected chi connectivity index (χ1v) is 16.0. The van der Waals surface area contributed by atoms with Gasteiger partial charge in [0.2, 0.25) is 0 Å². The molecule has 1 aromatic carbocycles. The number of amides is 2. The van der Waals surface area contributed by atoms with Gasteiger partial charge in [0.05, 0.1) is 58.4 Å². The molecule has 0 radical (unpaired) electrons. The van der Waals surface area contributed by atoms with Crippen LogP contribution in [0.3, 0.4) is 0 Å². The predicted molar refractivity (Wildman–Crippen MR) is 164 cm³/mol. The summed E-state index contributed by atoms with van der Waals surface area (Å²) in [6.07, 6.45) is 2.55. The first-order valence-electron chi connectivity index (χ1n) is 12.4. The Hall–Kier alpha value is -3.84. The van der Waals surface area contributed by atoms with E-state index in [2.05, 4.69) is 40.0 Å². The van der Waals surface area contributed by atoms with Gasteiger partial charge in [-0.1, -0.05) is 0 Å². The number of imidazole rings is 2. The molecule has 18 heteroatoms. The Labute approximate surface area is 249 Å². The van der Waals surface area contributed by atoms with Crippen LogP contribution in [0.5, 0.6) is 0 Å². The lowest BCUT2D eigenvalue weighted by Gasteiger charge is -2.02. The van der Waals surface area contributed by atoms with E-state index >= 15 is 0 Å². The van der Waals surface area contributed by atoms with Crippen molar-refractivity contribution in [3.05, 3.63) is 24.5 Å². The van der Waals surface area contributed by atoms with Crippen LogP contribution in [0.1, 0.15) is 12.8 Å². The number of aromatic amines is 2. The van der Waals surface area contributed by atoms with Gasteiger partial charge in [-0.15, -0.1) is 22.7 Å². The van der Waals surface area contributed by atoms with Crippen molar-refractivity contribution in [2.75, 3.05) is 27.3 Å². The van der Waals surface area contributed by atoms with Crippen molar-refractivity contribution >= 4 is 94.6 Å². The monoisotopic (exact) mass is 646 g/mol. The molecule has 42 heavy (non-hydrogen) atoms. The Morgan fingerprint density at radius 1 is 0.762 bits per heavy atom. The maximum atomic E-state index is 12.2. The summed E-state index contributed by atoms with van der Waals surface area (Å²) < 4.78 is 10.9. The molecule has 0 bridgehead atoms. The molecule has 0 aliphatic rings. The highest BCUT2D eigenvalue weighted by Gasteiger charge is 2.16. The van der Waals surface area contributed by atoms with Crippen LogP contribution in [-0.4, -0.2) is 80.4 Å². The summed E-state index contributed by atoms with van der Waals surface area (Å²) in [6, 6.07) is 3.97. The van der Waals surface area contributed by atoms with E-state index in [0.717, 1.165) is 41.8 Å².